The summed E-state index contributed by atoms with van der Waals surface area (Å²) in [6.45, 7) is 0. The molecule has 2 rings (SSSR count). The van der Waals surface area contributed by atoms with Crippen molar-refractivity contribution in [3.8, 4) is 17.1 Å². The Bertz CT molecular complexity index is 499. The molecule has 0 bridgehead atoms. The van der Waals surface area contributed by atoms with E-state index in [0.29, 0.717) is 17.1 Å². The van der Waals surface area contributed by atoms with E-state index >= 15 is 0 Å². The van der Waals surface area contributed by atoms with Crippen LogP contribution >= 0.6 is 0 Å². The van der Waals surface area contributed by atoms with Crippen LogP contribution < -0.4 is 10.5 Å². The summed E-state index contributed by atoms with van der Waals surface area (Å²) in [5.74, 6) is 0.176. The first-order chi connectivity index (χ1) is 7.70. The van der Waals surface area contributed by atoms with Gasteiger partial charge in [-0.2, -0.15) is 0 Å². The molecular weight excluding hydrogens is 209 g/mol. The standard InChI is InChI=1S/C11H10FN3O/c1-16-10-3-2-7(4-9(10)12)11-14-5-8(13)6-15-11/h2-6H,13H2,1H3. The molecule has 1 heterocycles. The normalized spacial score (nSPS) is 10.1. The second-order valence-electron chi connectivity index (χ2n) is 3.19. The monoisotopic (exact) mass is 219 g/mol. The number of hydrogen-bond acceptors (Lipinski definition) is 4. The molecule has 0 saturated heterocycles. The molecule has 0 saturated carbocycles. The van der Waals surface area contributed by atoms with Crippen molar-refractivity contribution < 1.29 is 9.13 Å². The molecule has 1 aromatic heterocycles. The van der Waals surface area contributed by atoms with Crippen LogP contribution in [0.25, 0.3) is 11.4 Å². The lowest BCUT2D eigenvalue weighted by Gasteiger charge is -2.04. The van der Waals surface area contributed by atoms with Crippen LogP contribution in [0.1, 0.15) is 0 Å². The Morgan fingerprint density at radius 3 is 2.50 bits per heavy atom. The van der Waals surface area contributed by atoms with Crippen LogP contribution in [0.5, 0.6) is 5.75 Å². The van der Waals surface area contributed by atoms with E-state index in [1.54, 1.807) is 6.07 Å². The summed E-state index contributed by atoms with van der Waals surface area (Å²) in [6, 6.07) is 4.54. The maximum atomic E-state index is 13.4. The van der Waals surface area contributed by atoms with Crippen LogP contribution in [-0.2, 0) is 0 Å². The van der Waals surface area contributed by atoms with Crippen LogP contribution in [0.2, 0.25) is 0 Å². The van der Waals surface area contributed by atoms with E-state index in [1.165, 1.54) is 31.6 Å². The molecule has 0 fully saturated rings. The highest BCUT2D eigenvalue weighted by molar-refractivity contribution is 5.57. The summed E-state index contributed by atoms with van der Waals surface area (Å²) in [6.07, 6.45) is 2.95. The molecule has 2 aromatic rings. The molecule has 0 aliphatic rings. The minimum Gasteiger partial charge on any atom is -0.494 e. The Hall–Kier alpha value is -2.17. The molecule has 16 heavy (non-hydrogen) atoms. The summed E-state index contributed by atoms with van der Waals surface area (Å²) < 4.78 is 18.2. The largest absolute Gasteiger partial charge is 0.494 e. The third-order valence-electron chi connectivity index (χ3n) is 2.08. The second-order valence-corrected chi connectivity index (χ2v) is 3.19. The molecule has 0 atom stereocenters. The van der Waals surface area contributed by atoms with Gasteiger partial charge in [-0.25, -0.2) is 14.4 Å². The van der Waals surface area contributed by atoms with Crippen LogP contribution in [0.15, 0.2) is 30.6 Å². The third-order valence-corrected chi connectivity index (χ3v) is 2.08. The highest BCUT2D eigenvalue weighted by Gasteiger charge is 2.06. The summed E-state index contributed by atoms with van der Waals surface area (Å²) in [5.41, 5.74) is 6.51. The van der Waals surface area contributed by atoms with Gasteiger partial charge in [-0.3, -0.25) is 0 Å². The average molecular weight is 219 g/mol. The topological polar surface area (TPSA) is 61.0 Å². The predicted molar refractivity (Wildman–Crippen MR) is 58.4 cm³/mol. The van der Waals surface area contributed by atoms with Crippen LogP contribution in [0, 0.1) is 5.82 Å². The number of benzene rings is 1. The summed E-state index contributed by atoms with van der Waals surface area (Å²) in [7, 11) is 1.41. The smallest absolute Gasteiger partial charge is 0.165 e. The van der Waals surface area contributed by atoms with Gasteiger partial charge in [0.05, 0.1) is 25.2 Å². The number of aromatic nitrogens is 2. The minimum absolute atomic E-state index is 0.194. The van der Waals surface area contributed by atoms with E-state index in [2.05, 4.69) is 9.97 Å². The molecule has 82 valence electrons. The van der Waals surface area contributed by atoms with Gasteiger partial charge in [-0.05, 0) is 18.2 Å². The van der Waals surface area contributed by atoms with Crippen molar-refractivity contribution in [1.29, 1.82) is 0 Å². The molecule has 4 nitrogen and oxygen atoms in total. The Morgan fingerprint density at radius 2 is 1.94 bits per heavy atom. The van der Waals surface area contributed by atoms with Gasteiger partial charge < -0.3 is 10.5 Å². The minimum atomic E-state index is -0.444. The number of methoxy groups -OCH3 is 1. The first-order valence-electron chi connectivity index (χ1n) is 4.62. The summed E-state index contributed by atoms with van der Waals surface area (Å²) in [4.78, 5) is 8.00. The van der Waals surface area contributed by atoms with E-state index in [1.807, 2.05) is 0 Å². The number of rotatable bonds is 2. The van der Waals surface area contributed by atoms with E-state index in [9.17, 15) is 4.39 Å². The number of ether oxygens (including phenoxy) is 1. The average Bonchev–Trinajstić information content (AvgIpc) is 2.30. The van der Waals surface area contributed by atoms with E-state index in [4.69, 9.17) is 10.5 Å². The first-order valence-corrected chi connectivity index (χ1v) is 4.62. The third kappa shape index (κ3) is 1.93. The van der Waals surface area contributed by atoms with Gasteiger partial charge >= 0.3 is 0 Å². The van der Waals surface area contributed by atoms with Crippen LogP contribution in [0.4, 0.5) is 10.1 Å². The molecule has 5 heteroatoms. The number of nitrogens with zero attached hydrogens (tertiary/aromatic N) is 2. The number of nitrogen functional groups attached to an aromatic ring is 1. The molecular formula is C11H10FN3O. The number of anilines is 1. The summed E-state index contributed by atoms with van der Waals surface area (Å²) in [5, 5.41) is 0. The Morgan fingerprint density at radius 1 is 1.25 bits per heavy atom. The second kappa shape index (κ2) is 4.14. The fourth-order valence-electron chi connectivity index (χ4n) is 1.29. The quantitative estimate of drug-likeness (QED) is 0.837. The van der Waals surface area contributed by atoms with Gasteiger partial charge in [-0.1, -0.05) is 0 Å². The maximum Gasteiger partial charge on any atom is 0.165 e. The zero-order valence-corrected chi connectivity index (χ0v) is 8.64. The van der Waals surface area contributed by atoms with Crippen molar-refractivity contribution in [3.63, 3.8) is 0 Å². The first kappa shape index (κ1) is 10.4. The molecule has 2 N–H and O–H groups in total. The summed E-state index contributed by atoms with van der Waals surface area (Å²) >= 11 is 0. The zero-order chi connectivity index (χ0) is 11.5. The fourth-order valence-corrected chi connectivity index (χ4v) is 1.29. The van der Waals surface area contributed by atoms with Gasteiger partial charge in [0.15, 0.2) is 17.4 Å². The lowest BCUT2D eigenvalue weighted by Crippen LogP contribution is -1.94. The van der Waals surface area contributed by atoms with Gasteiger partial charge in [0.1, 0.15) is 0 Å². The van der Waals surface area contributed by atoms with Crippen molar-refractivity contribution in [2.24, 2.45) is 0 Å². The van der Waals surface area contributed by atoms with E-state index in [-0.39, 0.29) is 5.75 Å². The Kier molecular flexibility index (Phi) is 2.68. The van der Waals surface area contributed by atoms with Crippen LogP contribution in [-0.4, -0.2) is 17.1 Å². The highest BCUT2D eigenvalue weighted by Crippen LogP contribution is 2.22. The van der Waals surface area contributed by atoms with Crippen LogP contribution in [0.3, 0.4) is 0 Å². The van der Waals surface area contributed by atoms with Gasteiger partial charge in [-0.15, -0.1) is 0 Å². The van der Waals surface area contributed by atoms with Crippen molar-refractivity contribution in [3.05, 3.63) is 36.4 Å². The molecule has 1 aromatic carbocycles. The fraction of sp³-hybridized carbons (Fsp3) is 0.0909. The molecule has 0 amide bonds. The number of nitrogens with two attached hydrogens (primary N) is 1. The molecule has 0 aliphatic heterocycles. The lowest BCUT2D eigenvalue weighted by atomic mass is 10.2. The molecule has 0 spiro atoms. The molecule has 0 radical (unpaired) electrons. The van der Waals surface area contributed by atoms with E-state index < -0.39 is 5.82 Å². The Labute approximate surface area is 91.9 Å². The van der Waals surface area contributed by atoms with Crippen molar-refractivity contribution in [2.75, 3.05) is 12.8 Å². The van der Waals surface area contributed by atoms with E-state index in [0.717, 1.165) is 0 Å². The van der Waals surface area contributed by atoms with Gasteiger partial charge in [0.2, 0.25) is 0 Å². The zero-order valence-electron chi connectivity index (χ0n) is 8.64. The van der Waals surface area contributed by atoms with Crippen molar-refractivity contribution in [2.45, 2.75) is 0 Å². The molecule has 0 aliphatic carbocycles. The van der Waals surface area contributed by atoms with Crippen molar-refractivity contribution >= 4 is 5.69 Å². The Balaban J connectivity index is 2.41. The van der Waals surface area contributed by atoms with Gasteiger partial charge in [0.25, 0.3) is 0 Å². The number of hydrogen-bond donors (Lipinski definition) is 1. The SMILES string of the molecule is COc1ccc(-c2ncc(N)cn2)cc1F. The number of halogens is 1. The highest BCUT2D eigenvalue weighted by atomic mass is 19.1. The van der Waals surface area contributed by atoms with Gasteiger partial charge in [0, 0.05) is 5.56 Å². The van der Waals surface area contributed by atoms with Crippen molar-refractivity contribution in [1.82, 2.24) is 9.97 Å². The maximum absolute atomic E-state index is 13.4. The molecule has 0 unspecified atom stereocenters. The predicted octanol–water partition coefficient (Wildman–Crippen LogP) is 1.87. The lowest BCUT2D eigenvalue weighted by molar-refractivity contribution is 0.386.